The van der Waals surface area contributed by atoms with Crippen LogP contribution in [0.4, 0.5) is 9.41 Å². The van der Waals surface area contributed by atoms with Crippen molar-refractivity contribution in [2.75, 3.05) is 0 Å². The summed E-state index contributed by atoms with van der Waals surface area (Å²) in [6.07, 6.45) is 2.27. The summed E-state index contributed by atoms with van der Waals surface area (Å²) in [4.78, 5) is 0. The van der Waals surface area contributed by atoms with E-state index < -0.39 is 0 Å². The molecule has 0 amide bonds. The molecule has 4 aromatic rings. The number of hydrogen-bond donors (Lipinski definition) is 0. The van der Waals surface area contributed by atoms with E-state index in [1.165, 1.54) is 67.1 Å². The molecule has 0 spiro atoms. The fraction of sp³-hybridized carbons (Fsp3) is 0.231. The van der Waals surface area contributed by atoms with Crippen molar-refractivity contribution in [2.45, 2.75) is 40.5 Å². The third-order valence-corrected chi connectivity index (χ3v) is 4.87. The first kappa shape index (κ1) is 33.3. The predicted octanol–water partition coefficient (Wildman–Crippen LogP) is 7.68. The Morgan fingerprint density at radius 2 is 1.03 bits per heavy atom. The third kappa shape index (κ3) is 8.04. The predicted molar refractivity (Wildman–Crippen MR) is 131 cm³/mol. The zero-order valence-electron chi connectivity index (χ0n) is 19.0. The number of rotatable bonds is 2. The van der Waals surface area contributed by atoms with Crippen LogP contribution in [0, 0.1) is 28.7 Å². The summed E-state index contributed by atoms with van der Waals surface area (Å²) in [5.74, 6) is 0. The molecule has 0 nitrogen and oxygen atoms in total. The Morgan fingerprint density at radius 3 is 1.30 bits per heavy atom. The standard InChI is InChI=1S/2C12H13.2CH3.2FH.Si.Zr/c2*1-3-10-7-11-6-4-5-9(2)12(11)8-10;;;;;;/h2*4-8H,3H2,1-2H3;2*1H3;2*1H;;/q4*-1;;;;. The van der Waals surface area contributed by atoms with Gasteiger partial charge in [-0.25, -0.2) is 0 Å². The molecule has 0 saturated carbocycles. The second-order valence-electron chi connectivity index (χ2n) is 6.59. The van der Waals surface area contributed by atoms with Gasteiger partial charge in [0.15, 0.2) is 0 Å². The van der Waals surface area contributed by atoms with E-state index in [9.17, 15) is 0 Å². The maximum absolute atomic E-state index is 3.06. The van der Waals surface area contributed by atoms with Gasteiger partial charge >= 0.3 is 30.2 Å². The normalized spacial score (nSPS) is 8.77. The summed E-state index contributed by atoms with van der Waals surface area (Å²) in [6, 6.07) is 22.1. The van der Waals surface area contributed by atoms with E-state index in [0.717, 1.165) is 12.8 Å². The van der Waals surface area contributed by atoms with Crippen LogP contribution >= 0.6 is 0 Å². The van der Waals surface area contributed by atoms with Crippen molar-refractivity contribution in [2.24, 2.45) is 0 Å². The van der Waals surface area contributed by atoms with Crippen LogP contribution in [0.3, 0.4) is 0 Å². The minimum atomic E-state index is 0. The van der Waals surface area contributed by atoms with Gasteiger partial charge in [-0.05, 0) is 26.7 Å². The zero-order valence-corrected chi connectivity index (χ0v) is 22.5. The van der Waals surface area contributed by atoms with Gasteiger partial charge in [-0.2, -0.15) is 12.1 Å². The molecular formula is C26H34F2SiZr-4. The Balaban J connectivity index is -0.000000400. The molecule has 164 valence electrons. The van der Waals surface area contributed by atoms with Gasteiger partial charge < -0.3 is 14.9 Å². The molecule has 4 heteroatoms. The van der Waals surface area contributed by atoms with Crippen molar-refractivity contribution in [1.82, 2.24) is 0 Å². The summed E-state index contributed by atoms with van der Waals surface area (Å²) < 4.78 is 0. The Bertz CT molecular complexity index is 905. The molecule has 4 aromatic carbocycles. The molecular weight excluding hydrogens is 470 g/mol. The Kier molecular flexibility index (Phi) is 18.1. The van der Waals surface area contributed by atoms with E-state index in [2.05, 4.69) is 95.2 Å². The molecule has 0 atom stereocenters. The molecule has 0 N–H and O–H groups in total. The van der Waals surface area contributed by atoms with Crippen LogP contribution < -0.4 is 0 Å². The molecule has 4 rings (SSSR count). The Labute approximate surface area is 198 Å². The summed E-state index contributed by atoms with van der Waals surface area (Å²) in [6.45, 7) is 11.8. The average Bonchev–Trinajstić information content (AvgIpc) is 3.29. The van der Waals surface area contributed by atoms with Crippen LogP contribution in [0.1, 0.15) is 36.1 Å². The van der Waals surface area contributed by atoms with Gasteiger partial charge in [-0.3, -0.25) is 9.41 Å². The molecule has 0 unspecified atom stereocenters. The van der Waals surface area contributed by atoms with E-state index in [-0.39, 0.29) is 24.3 Å². The fourth-order valence-corrected chi connectivity index (χ4v) is 3.31. The molecule has 0 aromatic heterocycles. The van der Waals surface area contributed by atoms with Crippen molar-refractivity contribution >= 4 is 28.4 Å². The van der Waals surface area contributed by atoms with Crippen molar-refractivity contribution in [3.8, 4) is 0 Å². The van der Waals surface area contributed by atoms with Gasteiger partial charge in [0.1, 0.15) is 0 Å². The van der Waals surface area contributed by atoms with Crippen LogP contribution in [-0.2, 0) is 36.2 Å². The number of fused-ring (bicyclic) bond motifs is 2. The van der Waals surface area contributed by atoms with E-state index in [0.29, 0.717) is 0 Å². The molecule has 0 aliphatic rings. The number of aryl methyl sites for hydroxylation is 4. The van der Waals surface area contributed by atoms with Gasteiger partial charge in [0.25, 0.3) is 0 Å². The summed E-state index contributed by atoms with van der Waals surface area (Å²) in [5, 5.41) is 5.59. The molecule has 0 heterocycles. The van der Waals surface area contributed by atoms with Gasteiger partial charge in [-0.1, -0.05) is 37.1 Å². The van der Waals surface area contributed by atoms with Crippen LogP contribution in [0.2, 0.25) is 0 Å². The molecule has 0 bridgehead atoms. The maximum atomic E-state index is 3.06. The SMILES string of the molecule is CCc1cc2c(C)cccc2[cH-]1.CCc1cc2c(C)cccc2[cH-]1.F.F.[CH3-].[CH3-].[Si]=[Zr]. The number of halogens is 2. The van der Waals surface area contributed by atoms with Crippen LogP contribution in [-0.4, -0.2) is 6.88 Å². The molecule has 0 fully saturated rings. The van der Waals surface area contributed by atoms with Crippen molar-refractivity contribution < 1.29 is 32.7 Å². The van der Waals surface area contributed by atoms with Crippen molar-refractivity contribution in [3.63, 3.8) is 0 Å². The molecule has 2 radical (unpaired) electrons. The number of hydrogen-bond acceptors (Lipinski definition) is 0. The molecule has 0 saturated heterocycles. The zero-order chi connectivity index (χ0) is 19.1. The molecule has 0 aliphatic carbocycles. The topological polar surface area (TPSA) is 0 Å². The average molecular weight is 504 g/mol. The first-order valence-corrected chi connectivity index (χ1v) is 13.4. The van der Waals surface area contributed by atoms with E-state index in [1.54, 1.807) is 0 Å². The van der Waals surface area contributed by atoms with Crippen LogP contribution in [0.5, 0.6) is 0 Å². The summed E-state index contributed by atoms with van der Waals surface area (Å²) >= 11 is 1.36. The van der Waals surface area contributed by atoms with Crippen molar-refractivity contribution in [3.05, 3.63) is 97.8 Å². The van der Waals surface area contributed by atoms with Gasteiger partial charge in [0, 0.05) is 0 Å². The van der Waals surface area contributed by atoms with Gasteiger partial charge in [-0.15, -0.1) is 69.1 Å². The summed E-state index contributed by atoms with van der Waals surface area (Å²) in [7, 11) is 0. The quantitative estimate of drug-likeness (QED) is 0.194. The first-order valence-electron chi connectivity index (χ1n) is 9.17. The van der Waals surface area contributed by atoms with Gasteiger partial charge in [0.05, 0.1) is 0 Å². The monoisotopic (exact) mass is 502 g/mol. The van der Waals surface area contributed by atoms with Gasteiger partial charge in [0.2, 0.25) is 0 Å². The molecule has 0 aliphatic heterocycles. The Hall–Kier alpha value is -1.38. The van der Waals surface area contributed by atoms with Crippen molar-refractivity contribution in [1.29, 1.82) is 0 Å². The number of benzene rings is 2. The van der Waals surface area contributed by atoms with E-state index in [1.807, 2.05) is 0 Å². The fourth-order valence-electron chi connectivity index (χ4n) is 3.31. The summed E-state index contributed by atoms with van der Waals surface area (Å²) in [5.41, 5.74) is 5.65. The molecule has 30 heavy (non-hydrogen) atoms. The van der Waals surface area contributed by atoms with E-state index in [4.69, 9.17) is 0 Å². The second kappa shape index (κ2) is 16.3. The van der Waals surface area contributed by atoms with E-state index >= 15 is 0 Å². The van der Waals surface area contributed by atoms with Crippen LogP contribution in [0.25, 0.3) is 21.5 Å². The third-order valence-electron chi connectivity index (χ3n) is 4.87. The minimum absolute atomic E-state index is 0. The van der Waals surface area contributed by atoms with Crippen LogP contribution in [0.15, 0.2) is 60.7 Å². The first-order chi connectivity index (χ1) is 12.6. The second-order valence-corrected chi connectivity index (χ2v) is 6.59. The Morgan fingerprint density at radius 1 is 0.700 bits per heavy atom.